The number of anilines is 1. The quantitative estimate of drug-likeness (QED) is 0.486. The third-order valence-electron chi connectivity index (χ3n) is 2.97. The molecule has 2 N–H and O–H groups in total. The van der Waals surface area contributed by atoms with Crippen molar-refractivity contribution in [3.05, 3.63) is 27.8 Å². The lowest BCUT2D eigenvalue weighted by atomic mass is 10.1. The number of nitrogens with two attached hydrogens (primary N) is 1. The van der Waals surface area contributed by atoms with Crippen molar-refractivity contribution in [2.24, 2.45) is 0 Å². The van der Waals surface area contributed by atoms with Gasteiger partial charge in [0.15, 0.2) is 0 Å². The Hall–Kier alpha value is -1.99. The van der Waals surface area contributed by atoms with Gasteiger partial charge in [-0.05, 0) is 18.9 Å². The molecule has 5 nitrogen and oxygen atoms in total. The van der Waals surface area contributed by atoms with Gasteiger partial charge in [-0.1, -0.05) is 20.3 Å². The van der Waals surface area contributed by atoms with E-state index in [1.54, 1.807) is 0 Å². The predicted octanol–water partition coefficient (Wildman–Crippen LogP) is 4.15. The van der Waals surface area contributed by atoms with Crippen molar-refractivity contribution in [2.75, 3.05) is 5.73 Å². The maximum Gasteiger partial charge on any atom is 0.416 e. The maximum absolute atomic E-state index is 12.7. The molecule has 0 fully saturated rings. The molecule has 8 heteroatoms. The van der Waals surface area contributed by atoms with Crippen LogP contribution in [-0.2, 0) is 6.18 Å². The number of nitrogen functional groups attached to an aromatic ring is 1. The van der Waals surface area contributed by atoms with Gasteiger partial charge in [0.05, 0.1) is 22.3 Å². The van der Waals surface area contributed by atoms with Gasteiger partial charge in [0.1, 0.15) is 0 Å². The first-order chi connectivity index (χ1) is 9.70. The van der Waals surface area contributed by atoms with E-state index in [1.807, 2.05) is 13.8 Å². The molecule has 0 aliphatic rings. The first-order valence-electron chi connectivity index (χ1n) is 6.52. The Kier molecular flexibility index (Phi) is 5.40. The third kappa shape index (κ3) is 4.24. The average Bonchev–Trinajstić information content (AvgIpc) is 2.38. The molecule has 118 valence electrons. The SMILES string of the molecule is CCC[C@H](CC)Oc1c(N)cc(C(F)(F)F)cc1[N+](=O)[O-]. The predicted molar refractivity (Wildman–Crippen MR) is 72.1 cm³/mol. The molecule has 1 atom stereocenters. The molecule has 0 saturated heterocycles. The Balaban J connectivity index is 3.28. The number of rotatable bonds is 6. The fraction of sp³-hybridized carbons (Fsp3) is 0.538. The highest BCUT2D eigenvalue weighted by molar-refractivity contribution is 5.66. The summed E-state index contributed by atoms with van der Waals surface area (Å²) in [5.74, 6) is -0.298. The van der Waals surface area contributed by atoms with Crippen LogP contribution in [0.2, 0.25) is 0 Å². The Morgan fingerprint density at radius 1 is 1.38 bits per heavy atom. The molecule has 0 amide bonds. The fourth-order valence-corrected chi connectivity index (χ4v) is 1.90. The molecule has 0 radical (unpaired) electrons. The van der Waals surface area contributed by atoms with E-state index in [0.29, 0.717) is 25.0 Å². The standard InChI is InChI=1S/C13H17F3N2O3/c1-3-5-9(4-2)21-12-10(17)6-8(13(14,15)16)7-11(12)18(19)20/h6-7,9H,3-5,17H2,1-2H3/t9-/m0/s1. The van der Waals surface area contributed by atoms with Gasteiger partial charge in [-0.15, -0.1) is 0 Å². The van der Waals surface area contributed by atoms with Crippen LogP contribution < -0.4 is 10.5 Å². The van der Waals surface area contributed by atoms with Crippen LogP contribution in [0.1, 0.15) is 38.7 Å². The van der Waals surface area contributed by atoms with Crippen LogP contribution in [0.25, 0.3) is 0 Å². The van der Waals surface area contributed by atoms with Gasteiger partial charge in [0.25, 0.3) is 0 Å². The Bertz CT molecular complexity index is 518. The zero-order chi connectivity index (χ0) is 16.2. The van der Waals surface area contributed by atoms with Crippen molar-refractivity contribution in [1.82, 2.24) is 0 Å². The molecule has 0 saturated carbocycles. The van der Waals surface area contributed by atoms with E-state index in [2.05, 4.69) is 0 Å². The van der Waals surface area contributed by atoms with E-state index in [9.17, 15) is 23.3 Å². The molecular weight excluding hydrogens is 289 g/mol. The number of benzene rings is 1. The van der Waals surface area contributed by atoms with Crippen LogP contribution in [-0.4, -0.2) is 11.0 Å². The summed E-state index contributed by atoms with van der Waals surface area (Å²) in [4.78, 5) is 10.1. The molecule has 0 bridgehead atoms. The Morgan fingerprint density at radius 3 is 2.43 bits per heavy atom. The summed E-state index contributed by atoms with van der Waals surface area (Å²) in [6.45, 7) is 3.74. The fourth-order valence-electron chi connectivity index (χ4n) is 1.90. The maximum atomic E-state index is 12.7. The molecule has 1 rings (SSSR count). The lowest BCUT2D eigenvalue weighted by molar-refractivity contribution is -0.386. The second-order valence-electron chi connectivity index (χ2n) is 4.61. The van der Waals surface area contributed by atoms with Crippen molar-refractivity contribution in [3.8, 4) is 5.75 Å². The highest BCUT2D eigenvalue weighted by Gasteiger charge is 2.35. The summed E-state index contributed by atoms with van der Waals surface area (Å²) in [7, 11) is 0. The van der Waals surface area contributed by atoms with E-state index in [1.165, 1.54) is 0 Å². The van der Waals surface area contributed by atoms with Gasteiger partial charge in [-0.2, -0.15) is 13.2 Å². The van der Waals surface area contributed by atoms with Crippen molar-refractivity contribution >= 4 is 11.4 Å². The summed E-state index contributed by atoms with van der Waals surface area (Å²) < 4.78 is 43.5. The molecule has 0 aromatic heterocycles. The largest absolute Gasteiger partial charge is 0.482 e. The van der Waals surface area contributed by atoms with Crippen LogP contribution in [0, 0.1) is 10.1 Å². The van der Waals surface area contributed by atoms with Gasteiger partial charge in [0, 0.05) is 6.07 Å². The lowest BCUT2D eigenvalue weighted by Gasteiger charge is -2.19. The molecule has 1 aromatic rings. The monoisotopic (exact) mass is 306 g/mol. The molecule has 0 heterocycles. The second-order valence-corrected chi connectivity index (χ2v) is 4.61. The van der Waals surface area contributed by atoms with Gasteiger partial charge < -0.3 is 10.5 Å². The van der Waals surface area contributed by atoms with Crippen LogP contribution in [0.4, 0.5) is 24.5 Å². The summed E-state index contributed by atoms with van der Waals surface area (Å²) in [6.07, 6.45) is -3.04. The Morgan fingerprint density at radius 2 is 2.00 bits per heavy atom. The second kappa shape index (κ2) is 6.64. The molecular formula is C13H17F3N2O3. The van der Waals surface area contributed by atoms with Gasteiger partial charge in [-0.25, -0.2) is 0 Å². The number of nitro groups is 1. The molecule has 0 spiro atoms. The minimum atomic E-state index is -4.70. The lowest BCUT2D eigenvalue weighted by Crippen LogP contribution is -2.17. The first-order valence-corrected chi connectivity index (χ1v) is 6.52. The van der Waals surface area contributed by atoms with Crippen LogP contribution in [0.5, 0.6) is 5.75 Å². The number of alkyl halides is 3. The molecule has 0 aliphatic heterocycles. The van der Waals surface area contributed by atoms with Crippen molar-refractivity contribution in [3.63, 3.8) is 0 Å². The van der Waals surface area contributed by atoms with Crippen molar-refractivity contribution in [1.29, 1.82) is 0 Å². The molecule has 0 unspecified atom stereocenters. The van der Waals surface area contributed by atoms with Crippen molar-refractivity contribution in [2.45, 2.75) is 45.4 Å². The minimum absolute atomic E-state index is 0.298. The highest BCUT2D eigenvalue weighted by atomic mass is 19.4. The summed E-state index contributed by atoms with van der Waals surface area (Å²) >= 11 is 0. The molecule has 21 heavy (non-hydrogen) atoms. The summed E-state index contributed by atoms with van der Waals surface area (Å²) in [5, 5.41) is 11.0. The minimum Gasteiger partial charge on any atom is -0.482 e. The summed E-state index contributed by atoms with van der Waals surface area (Å²) in [6, 6.07) is 1.10. The van der Waals surface area contributed by atoms with E-state index in [-0.39, 0.29) is 17.5 Å². The van der Waals surface area contributed by atoms with Crippen LogP contribution >= 0.6 is 0 Å². The van der Waals surface area contributed by atoms with E-state index >= 15 is 0 Å². The number of ether oxygens (including phenoxy) is 1. The number of halogens is 3. The van der Waals surface area contributed by atoms with E-state index < -0.39 is 22.4 Å². The molecule has 1 aromatic carbocycles. The summed E-state index contributed by atoms with van der Waals surface area (Å²) in [5.41, 5.74) is 3.21. The highest BCUT2D eigenvalue weighted by Crippen LogP contribution is 2.41. The average molecular weight is 306 g/mol. The zero-order valence-corrected chi connectivity index (χ0v) is 11.7. The normalized spacial score (nSPS) is 13.0. The van der Waals surface area contributed by atoms with E-state index in [4.69, 9.17) is 10.5 Å². The van der Waals surface area contributed by atoms with Gasteiger partial charge in [-0.3, -0.25) is 10.1 Å². The van der Waals surface area contributed by atoms with E-state index in [0.717, 1.165) is 6.42 Å². The number of nitrogens with zero attached hydrogens (tertiary/aromatic N) is 1. The topological polar surface area (TPSA) is 78.4 Å². The number of hydrogen-bond acceptors (Lipinski definition) is 4. The Labute approximate surface area is 120 Å². The number of hydrogen-bond donors (Lipinski definition) is 1. The smallest absolute Gasteiger partial charge is 0.416 e. The van der Waals surface area contributed by atoms with Crippen LogP contribution in [0.15, 0.2) is 12.1 Å². The van der Waals surface area contributed by atoms with Crippen molar-refractivity contribution < 1.29 is 22.8 Å². The van der Waals surface area contributed by atoms with Gasteiger partial charge >= 0.3 is 11.9 Å². The zero-order valence-electron chi connectivity index (χ0n) is 11.7. The third-order valence-corrected chi connectivity index (χ3v) is 2.97. The first kappa shape index (κ1) is 17.1. The molecule has 0 aliphatic carbocycles. The number of nitro benzene ring substituents is 1. The van der Waals surface area contributed by atoms with Crippen LogP contribution in [0.3, 0.4) is 0 Å². The van der Waals surface area contributed by atoms with Gasteiger partial charge in [0.2, 0.25) is 5.75 Å².